The number of nitrogens with zero attached hydrogens (tertiary/aromatic N) is 1. The Morgan fingerprint density at radius 1 is 1.29 bits per heavy atom. The third-order valence-corrected chi connectivity index (χ3v) is 3.30. The predicted octanol–water partition coefficient (Wildman–Crippen LogP) is 3.78. The second kappa shape index (κ2) is 6.45. The zero-order valence-corrected chi connectivity index (χ0v) is 12.6. The summed E-state index contributed by atoms with van der Waals surface area (Å²) in [4.78, 5) is 13.9. The molecular formula is C16H15FN2OS. The van der Waals surface area contributed by atoms with E-state index in [0.717, 1.165) is 5.56 Å². The Bertz CT molecular complexity index is 688. The van der Waals surface area contributed by atoms with Gasteiger partial charge in [0, 0.05) is 12.7 Å². The summed E-state index contributed by atoms with van der Waals surface area (Å²) in [5, 5.41) is 2.98. The number of halogens is 1. The van der Waals surface area contributed by atoms with Crippen LogP contribution in [0.2, 0.25) is 0 Å². The van der Waals surface area contributed by atoms with E-state index in [1.54, 1.807) is 25.2 Å². The first kappa shape index (κ1) is 15.1. The van der Waals surface area contributed by atoms with Crippen molar-refractivity contribution < 1.29 is 9.18 Å². The maximum Gasteiger partial charge on any atom is 0.265 e. The minimum atomic E-state index is -0.416. The summed E-state index contributed by atoms with van der Waals surface area (Å²) < 4.78 is 13.3. The topological polar surface area (TPSA) is 32.3 Å². The molecule has 0 aliphatic rings. The number of carbonyl (C=O) groups excluding carboxylic acids is 1. The highest BCUT2D eigenvalue weighted by Gasteiger charge is 2.19. The lowest BCUT2D eigenvalue weighted by Gasteiger charge is -2.19. The van der Waals surface area contributed by atoms with Crippen molar-refractivity contribution in [2.24, 2.45) is 0 Å². The van der Waals surface area contributed by atoms with Gasteiger partial charge in [-0.3, -0.25) is 9.69 Å². The molecule has 0 fully saturated rings. The predicted molar refractivity (Wildman–Crippen MR) is 87.6 cm³/mol. The fourth-order valence-electron chi connectivity index (χ4n) is 2.03. The van der Waals surface area contributed by atoms with Crippen molar-refractivity contribution in [2.45, 2.75) is 6.92 Å². The first-order valence-corrected chi connectivity index (χ1v) is 6.87. The number of nitrogens with one attached hydrogen (secondary N) is 1. The number of benzene rings is 2. The van der Waals surface area contributed by atoms with Crippen LogP contribution in [0.5, 0.6) is 0 Å². The Morgan fingerprint density at radius 2 is 2.05 bits per heavy atom. The van der Waals surface area contributed by atoms with Crippen LogP contribution >= 0.6 is 12.2 Å². The molecule has 0 heterocycles. The van der Waals surface area contributed by atoms with E-state index in [0.29, 0.717) is 16.9 Å². The summed E-state index contributed by atoms with van der Waals surface area (Å²) >= 11 is 4.92. The van der Waals surface area contributed by atoms with Gasteiger partial charge in [-0.15, -0.1) is 0 Å². The van der Waals surface area contributed by atoms with Crippen LogP contribution in [0.3, 0.4) is 0 Å². The van der Waals surface area contributed by atoms with Gasteiger partial charge in [0.15, 0.2) is 0 Å². The average Bonchev–Trinajstić information content (AvgIpc) is 2.48. The number of amides is 1. The minimum Gasteiger partial charge on any atom is -0.387 e. The van der Waals surface area contributed by atoms with Crippen LogP contribution in [0.4, 0.5) is 15.8 Å². The highest BCUT2D eigenvalue weighted by atomic mass is 32.1. The molecule has 3 nitrogen and oxygen atoms in total. The van der Waals surface area contributed by atoms with Crippen LogP contribution in [0.25, 0.3) is 0 Å². The van der Waals surface area contributed by atoms with Gasteiger partial charge in [0.25, 0.3) is 5.91 Å². The quantitative estimate of drug-likeness (QED) is 0.872. The van der Waals surface area contributed by atoms with E-state index in [-0.39, 0.29) is 5.91 Å². The molecule has 0 bridgehead atoms. The van der Waals surface area contributed by atoms with E-state index >= 15 is 0 Å². The van der Waals surface area contributed by atoms with E-state index in [9.17, 15) is 9.18 Å². The molecule has 0 aliphatic heterocycles. The standard InChI is InChI=1S/C16H15FN2OS/c1-11-6-7-15(18-2)14(8-11)16(20)19(10-21)13-5-3-4-12(17)9-13/h3-10,18H,1-2H3. The molecular weight excluding hydrogens is 287 g/mol. The Morgan fingerprint density at radius 3 is 2.67 bits per heavy atom. The van der Waals surface area contributed by atoms with Crippen molar-refractivity contribution in [2.75, 3.05) is 17.3 Å². The number of aryl methyl sites for hydroxylation is 1. The van der Waals surface area contributed by atoms with E-state index < -0.39 is 5.82 Å². The van der Waals surface area contributed by atoms with E-state index in [1.807, 2.05) is 19.1 Å². The normalized spacial score (nSPS) is 10.0. The number of anilines is 2. The van der Waals surface area contributed by atoms with Crippen LogP contribution in [0.1, 0.15) is 15.9 Å². The number of carbonyl (C=O) groups is 1. The van der Waals surface area contributed by atoms with Gasteiger partial charge in [-0.2, -0.15) is 0 Å². The summed E-state index contributed by atoms with van der Waals surface area (Å²) in [6.45, 7) is 1.90. The van der Waals surface area contributed by atoms with Crippen molar-refractivity contribution in [1.29, 1.82) is 0 Å². The maximum absolute atomic E-state index is 13.3. The summed E-state index contributed by atoms with van der Waals surface area (Å²) in [6.07, 6.45) is 0. The number of thiocarbonyl (C=S) groups is 1. The summed E-state index contributed by atoms with van der Waals surface area (Å²) in [7, 11) is 1.74. The molecule has 2 rings (SSSR count). The Labute approximate surface area is 128 Å². The van der Waals surface area contributed by atoms with Crippen LogP contribution in [0.15, 0.2) is 42.5 Å². The average molecular weight is 302 g/mol. The van der Waals surface area contributed by atoms with Gasteiger partial charge in [0.2, 0.25) is 0 Å². The lowest BCUT2D eigenvalue weighted by Crippen LogP contribution is -2.29. The Balaban J connectivity index is 2.46. The maximum atomic E-state index is 13.3. The molecule has 0 saturated carbocycles. The van der Waals surface area contributed by atoms with Crippen molar-refractivity contribution in [1.82, 2.24) is 0 Å². The summed E-state index contributed by atoms with van der Waals surface area (Å²) in [6, 6.07) is 11.3. The molecule has 0 unspecified atom stereocenters. The molecule has 0 aliphatic carbocycles. The SMILES string of the molecule is CNc1ccc(C)cc1C(=O)N(C=S)c1cccc(F)c1. The fourth-order valence-corrected chi connectivity index (χ4v) is 2.25. The van der Waals surface area contributed by atoms with E-state index in [4.69, 9.17) is 12.2 Å². The van der Waals surface area contributed by atoms with E-state index in [1.165, 1.54) is 22.5 Å². The summed E-state index contributed by atoms with van der Waals surface area (Å²) in [5.41, 5.74) is 3.77. The zero-order chi connectivity index (χ0) is 15.4. The van der Waals surface area contributed by atoms with E-state index in [2.05, 4.69) is 5.32 Å². The second-order valence-corrected chi connectivity index (χ2v) is 4.77. The minimum absolute atomic E-state index is 0.302. The Kier molecular flexibility index (Phi) is 4.65. The van der Waals surface area contributed by atoms with Crippen molar-refractivity contribution >= 4 is 35.0 Å². The van der Waals surface area contributed by atoms with Gasteiger partial charge in [0.05, 0.1) is 16.7 Å². The largest absolute Gasteiger partial charge is 0.387 e. The van der Waals surface area contributed by atoms with Crippen molar-refractivity contribution in [3.63, 3.8) is 0 Å². The third-order valence-electron chi connectivity index (χ3n) is 3.09. The zero-order valence-electron chi connectivity index (χ0n) is 11.8. The van der Waals surface area contributed by atoms with Crippen LogP contribution in [0, 0.1) is 12.7 Å². The first-order chi connectivity index (χ1) is 10.1. The van der Waals surface area contributed by atoms with Gasteiger partial charge in [-0.05, 0) is 37.3 Å². The lowest BCUT2D eigenvalue weighted by molar-refractivity contribution is 0.100. The molecule has 0 saturated heterocycles. The number of rotatable bonds is 4. The molecule has 2 aromatic rings. The second-order valence-electron chi connectivity index (χ2n) is 4.56. The van der Waals surface area contributed by atoms with Gasteiger partial charge in [-0.25, -0.2) is 4.39 Å². The first-order valence-electron chi connectivity index (χ1n) is 6.39. The third kappa shape index (κ3) is 3.25. The van der Waals surface area contributed by atoms with Crippen LogP contribution in [-0.4, -0.2) is 18.4 Å². The smallest absolute Gasteiger partial charge is 0.265 e. The molecule has 2 aromatic carbocycles. The highest BCUT2D eigenvalue weighted by molar-refractivity contribution is 7.79. The number of hydrogen-bond acceptors (Lipinski definition) is 3. The molecule has 21 heavy (non-hydrogen) atoms. The van der Waals surface area contributed by atoms with Gasteiger partial charge < -0.3 is 5.32 Å². The van der Waals surface area contributed by atoms with Crippen LogP contribution in [-0.2, 0) is 0 Å². The molecule has 5 heteroatoms. The molecule has 108 valence electrons. The molecule has 1 N–H and O–H groups in total. The van der Waals surface area contributed by atoms with Crippen molar-refractivity contribution in [3.8, 4) is 0 Å². The summed E-state index contributed by atoms with van der Waals surface area (Å²) in [5.74, 6) is -0.719. The molecule has 0 aromatic heterocycles. The highest BCUT2D eigenvalue weighted by Crippen LogP contribution is 2.22. The Hall–Kier alpha value is -2.27. The van der Waals surface area contributed by atoms with Gasteiger partial charge >= 0.3 is 0 Å². The molecule has 0 radical (unpaired) electrons. The molecule has 0 atom stereocenters. The van der Waals surface area contributed by atoms with Crippen LogP contribution < -0.4 is 10.2 Å². The molecule has 0 spiro atoms. The molecule has 1 amide bonds. The van der Waals surface area contributed by atoms with Gasteiger partial charge in [-0.1, -0.05) is 29.9 Å². The van der Waals surface area contributed by atoms with Crippen molar-refractivity contribution in [3.05, 3.63) is 59.4 Å². The fraction of sp³-hybridized carbons (Fsp3) is 0.125. The monoisotopic (exact) mass is 302 g/mol. The van der Waals surface area contributed by atoms with Gasteiger partial charge in [0.1, 0.15) is 5.82 Å². The number of hydrogen-bond donors (Lipinski definition) is 1. The lowest BCUT2D eigenvalue weighted by atomic mass is 10.1.